The molecule has 160 valence electrons. The molecule has 0 aliphatic rings. The second-order valence-electron chi connectivity index (χ2n) is 7.76. The molecule has 0 saturated heterocycles. The Kier molecular flexibility index (Phi) is 8.41. The van der Waals surface area contributed by atoms with Gasteiger partial charge in [0.1, 0.15) is 24.8 Å². The van der Waals surface area contributed by atoms with E-state index in [2.05, 4.69) is 10.6 Å². The van der Waals surface area contributed by atoms with Crippen LogP contribution < -0.4 is 10.6 Å². The van der Waals surface area contributed by atoms with Gasteiger partial charge in [0, 0.05) is 6.42 Å². The molecule has 2 N–H and O–H groups in total. The normalized spacial score (nSPS) is 11.8. The molecular weight excluding hydrogens is 384 g/mol. The highest BCUT2D eigenvalue weighted by Gasteiger charge is 2.27. The van der Waals surface area contributed by atoms with Crippen LogP contribution in [-0.4, -0.2) is 36.2 Å². The predicted octanol–water partition coefficient (Wildman–Crippen LogP) is 2.98. The fraction of sp³-hybridized carbons (Fsp3) is 0.348. The highest BCUT2D eigenvalue weighted by Crippen LogP contribution is 2.11. The van der Waals surface area contributed by atoms with E-state index in [-0.39, 0.29) is 19.6 Å². The Balaban J connectivity index is 1.87. The van der Waals surface area contributed by atoms with Gasteiger partial charge >= 0.3 is 12.1 Å². The van der Waals surface area contributed by atoms with E-state index < -0.39 is 29.6 Å². The zero-order valence-electron chi connectivity index (χ0n) is 17.5. The minimum absolute atomic E-state index is 0.100. The van der Waals surface area contributed by atoms with Crippen LogP contribution in [-0.2, 0) is 32.1 Å². The maximum atomic E-state index is 12.5. The van der Waals surface area contributed by atoms with Crippen LogP contribution in [0.15, 0.2) is 60.7 Å². The lowest BCUT2D eigenvalue weighted by atomic mass is 10.1. The van der Waals surface area contributed by atoms with Gasteiger partial charge in [0.25, 0.3) is 0 Å². The summed E-state index contributed by atoms with van der Waals surface area (Å²) < 4.78 is 10.5. The largest absolute Gasteiger partial charge is 0.458 e. The van der Waals surface area contributed by atoms with Crippen LogP contribution in [0.3, 0.4) is 0 Å². The van der Waals surface area contributed by atoms with Crippen molar-refractivity contribution in [2.45, 2.75) is 45.4 Å². The van der Waals surface area contributed by atoms with Crippen LogP contribution in [0.5, 0.6) is 0 Å². The summed E-state index contributed by atoms with van der Waals surface area (Å²) in [4.78, 5) is 36.7. The van der Waals surface area contributed by atoms with Crippen molar-refractivity contribution >= 4 is 18.0 Å². The Bertz CT molecular complexity index is 832. The molecule has 0 heterocycles. The molecule has 0 fully saturated rings. The molecule has 0 spiro atoms. The highest BCUT2D eigenvalue weighted by molar-refractivity contribution is 5.87. The Morgan fingerprint density at radius 2 is 1.47 bits per heavy atom. The van der Waals surface area contributed by atoms with Gasteiger partial charge < -0.3 is 20.1 Å². The lowest BCUT2D eigenvalue weighted by Crippen LogP contribution is -2.48. The van der Waals surface area contributed by atoms with E-state index in [1.165, 1.54) is 0 Å². The van der Waals surface area contributed by atoms with Gasteiger partial charge in [-0.25, -0.2) is 9.59 Å². The van der Waals surface area contributed by atoms with Gasteiger partial charge in [0.2, 0.25) is 5.91 Å². The maximum absolute atomic E-state index is 12.5. The molecule has 2 rings (SSSR count). The van der Waals surface area contributed by atoms with E-state index in [0.29, 0.717) is 0 Å². The SMILES string of the molecule is CC(C)(C)OC(=O)[C@H](Cc1ccccc1)NC(=O)CNC(=O)OCc1ccccc1. The summed E-state index contributed by atoms with van der Waals surface area (Å²) in [6.45, 7) is 5.06. The molecule has 0 aromatic heterocycles. The molecule has 1 atom stereocenters. The summed E-state index contributed by atoms with van der Waals surface area (Å²) in [7, 11) is 0. The smallest absolute Gasteiger partial charge is 0.407 e. The number of hydrogen-bond donors (Lipinski definition) is 2. The summed E-state index contributed by atoms with van der Waals surface area (Å²) in [5, 5.41) is 5.02. The zero-order valence-corrected chi connectivity index (χ0v) is 17.5. The molecule has 30 heavy (non-hydrogen) atoms. The minimum atomic E-state index is -0.874. The predicted molar refractivity (Wildman–Crippen MR) is 113 cm³/mol. The van der Waals surface area contributed by atoms with E-state index in [1.807, 2.05) is 60.7 Å². The second kappa shape index (κ2) is 11.0. The van der Waals surface area contributed by atoms with Crippen LogP contribution in [0.25, 0.3) is 0 Å². The quantitative estimate of drug-likeness (QED) is 0.650. The first-order chi connectivity index (χ1) is 14.2. The van der Waals surface area contributed by atoms with Crippen molar-refractivity contribution in [3.63, 3.8) is 0 Å². The van der Waals surface area contributed by atoms with Crippen LogP contribution in [0.1, 0.15) is 31.9 Å². The average molecular weight is 412 g/mol. The van der Waals surface area contributed by atoms with Crippen LogP contribution in [0, 0.1) is 0 Å². The van der Waals surface area contributed by atoms with Gasteiger partial charge in [0.05, 0.1) is 0 Å². The van der Waals surface area contributed by atoms with Gasteiger partial charge in [-0.3, -0.25) is 4.79 Å². The van der Waals surface area contributed by atoms with Crippen molar-refractivity contribution in [2.75, 3.05) is 6.54 Å². The molecular formula is C23H28N2O5. The van der Waals surface area contributed by atoms with E-state index in [1.54, 1.807) is 20.8 Å². The molecule has 2 amide bonds. The first kappa shape index (κ1) is 22.9. The number of esters is 1. The fourth-order valence-corrected chi connectivity index (χ4v) is 2.59. The Morgan fingerprint density at radius 3 is 2.03 bits per heavy atom. The van der Waals surface area contributed by atoms with Gasteiger partial charge in [0.15, 0.2) is 0 Å². The van der Waals surface area contributed by atoms with Crippen molar-refractivity contribution in [1.29, 1.82) is 0 Å². The van der Waals surface area contributed by atoms with Gasteiger partial charge in [-0.1, -0.05) is 60.7 Å². The number of carbonyl (C=O) groups is 3. The van der Waals surface area contributed by atoms with Crippen molar-refractivity contribution < 1.29 is 23.9 Å². The van der Waals surface area contributed by atoms with Gasteiger partial charge in [-0.15, -0.1) is 0 Å². The molecule has 7 heteroatoms. The first-order valence-electron chi connectivity index (χ1n) is 9.73. The zero-order chi connectivity index (χ0) is 22.0. The van der Waals surface area contributed by atoms with Crippen molar-refractivity contribution in [2.24, 2.45) is 0 Å². The summed E-state index contributed by atoms with van der Waals surface area (Å²) in [5.41, 5.74) is 1.03. The number of nitrogens with one attached hydrogen (secondary N) is 2. The Morgan fingerprint density at radius 1 is 0.900 bits per heavy atom. The Hall–Kier alpha value is -3.35. The second-order valence-corrected chi connectivity index (χ2v) is 7.76. The number of benzene rings is 2. The number of rotatable bonds is 8. The molecule has 0 unspecified atom stereocenters. The van der Waals surface area contributed by atoms with E-state index in [4.69, 9.17) is 9.47 Å². The highest BCUT2D eigenvalue weighted by atomic mass is 16.6. The monoisotopic (exact) mass is 412 g/mol. The van der Waals surface area contributed by atoms with Crippen LogP contribution >= 0.6 is 0 Å². The third-order valence-corrected chi connectivity index (χ3v) is 3.92. The van der Waals surface area contributed by atoms with Crippen LogP contribution in [0.2, 0.25) is 0 Å². The molecule has 0 aliphatic heterocycles. The number of alkyl carbamates (subject to hydrolysis) is 1. The summed E-state index contributed by atoms with van der Waals surface area (Å²) in [5.74, 6) is -1.05. The minimum Gasteiger partial charge on any atom is -0.458 e. The molecule has 0 bridgehead atoms. The third kappa shape index (κ3) is 8.77. The summed E-state index contributed by atoms with van der Waals surface area (Å²) in [6.07, 6.45) is -0.439. The standard InChI is InChI=1S/C23H28N2O5/c1-23(2,3)30-21(27)19(14-17-10-6-4-7-11-17)25-20(26)15-24-22(28)29-16-18-12-8-5-9-13-18/h4-13,19H,14-16H2,1-3H3,(H,24,28)(H,25,26)/t19-/m0/s1. The van der Waals surface area contributed by atoms with Gasteiger partial charge in [-0.2, -0.15) is 0 Å². The van der Waals surface area contributed by atoms with E-state index >= 15 is 0 Å². The maximum Gasteiger partial charge on any atom is 0.407 e. The molecule has 2 aromatic rings. The first-order valence-corrected chi connectivity index (χ1v) is 9.73. The van der Waals surface area contributed by atoms with Crippen molar-refractivity contribution in [3.05, 3.63) is 71.8 Å². The third-order valence-electron chi connectivity index (χ3n) is 3.92. The van der Waals surface area contributed by atoms with Gasteiger partial charge in [-0.05, 0) is 31.9 Å². The lowest BCUT2D eigenvalue weighted by Gasteiger charge is -2.24. The molecule has 0 aliphatic carbocycles. The lowest BCUT2D eigenvalue weighted by molar-refractivity contribution is -0.158. The Labute approximate surface area is 176 Å². The number of amides is 2. The number of ether oxygens (including phenoxy) is 2. The fourth-order valence-electron chi connectivity index (χ4n) is 2.59. The van der Waals surface area contributed by atoms with Crippen LogP contribution in [0.4, 0.5) is 4.79 Å². The average Bonchev–Trinajstić information content (AvgIpc) is 2.70. The van der Waals surface area contributed by atoms with E-state index in [0.717, 1.165) is 11.1 Å². The van der Waals surface area contributed by atoms with E-state index in [9.17, 15) is 14.4 Å². The number of hydrogen-bond acceptors (Lipinski definition) is 5. The molecule has 0 saturated carbocycles. The summed E-state index contributed by atoms with van der Waals surface area (Å²) >= 11 is 0. The topological polar surface area (TPSA) is 93.7 Å². The van der Waals surface area contributed by atoms with Crippen molar-refractivity contribution in [1.82, 2.24) is 10.6 Å². The van der Waals surface area contributed by atoms with Crippen molar-refractivity contribution in [3.8, 4) is 0 Å². The summed E-state index contributed by atoms with van der Waals surface area (Å²) in [6, 6.07) is 17.6. The molecule has 0 radical (unpaired) electrons. The number of carbonyl (C=O) groups excluding carboxylic acids is 3. The molecule has 2 aromatic carbocycles. The molecule has 7 nitrogen and oxygen atoms in total.